The third-order valence-electron chi connectivity index (χ3n) is 5.67. The molecule has 0 bridgehead atoms. The summed E-state index contributed by atoms with van der Waals surface area (Å²) in [5.74, 6) is -0.838. The lowest BCUT2D eigenvalue weighted by molar-refractivity contribution is -0.145. The molecule has 2 atom stereocenters. The van der Waals surface area contributed by atoms with E-state index in [0.29, 0.717) is 13.2 Å². The zero-order valence-corrected chi connectivity index (χ0v) is 22.8. The molecular formula is C24H49O7PS. The Morgan fingerprint density at radius 2 is 1.27 bits per heavy atom. The standard InChI is InChI=1S/C24H49O7PS/c1-3-4-5-6-7-8-9-10-11-12-13-14-15-16-17-18-19-29-20-23(28-2)21-30-24(25)22-32(26,27)31-33/h23,33H,3-22H2,1-2H3,(H,26,27)/t23-/m1/s1. The van der Waals surface area contributed by atoms with Gasteiger partial charge in [0, 0.05) is 13.7 Å². The molecule has 33 heavy (non-hydrogen) atoms. The summed E-state index contributed by atoms with van der Waals surface area (Å²) in [6, 6.07) is 0. The van der Waals surface area contributed by atoms with Gasteiger partial charge in [-0.25, -0.2) is 3.97 Å². The van der Waals surface area contributed by atoms with E-state index < -0.39 is 25.8 Å². The van der Waals surface area contributed by atoms with Crippen molar-refractivity contribution in [3.8, 4) is 0 Å². The Morgan fingerprint density at radius 3 is 1.70 bits per heavy atom. The highest BCUT2D eigenvalue weighted by Gasteiger charge is 2.25. The number of hydrogen-bond acceptors (Lipinski definition) is 7. The van der Waals surface area contributed by atoms with Crippen LogP contribution >= 0.6 is 20.5 Å². The van der Waals surface area contributed by atoms with E-state index in [1.165, 1.54) is 97.0 Å². The van der Waals surface area contributed by atoms with E-state index in [1.54, 1.807) is 0 Å². The van der Waals surface area contributed by atoms with Crippen LogP contribution in [-0.2, 0) is 27.5 Å². The van der Waals surface area contributed by atoms with Crippen molar-refractivity contribution in [3.05, 3.63) is 0 Å². The lowest BCUT2D eigenvalue weighted by Crippen LogP contribution is -2.27. The molecule has 1 unspecified atom stereocenters. The van der Waals surface area contributed by atoms with Crippen molar-refractivity contribution in [1.82, 2.24) is 0 Å². The van der Waals surface area contributed by atoms with Gasteiger partial charge >= 0.3 is 13.6 Å². The Labute approximate surface area is 207 Å². The van der Waals surface area contributed by atoms with Crippen molar-refractivity contribution in [2.24, 2.45) is 0 Å². The molecule has 0 aromatic rings. The molecule has 198 valence electrons. The predicted octanol–water partition coefficient (Wildman–Crippen LogP) is 6.87. The second kappa shape index (κ2) is 23.6. The number of carbonyl (C=O) groups is 1. The lowest BCUT2D eigenvalue weighted by atomic mass is 10.0. The molecule has 0 amide bonds. The number of hydrogen-bond donors (Lipinski definition) is 2. The molecule has 0 aliphatic rings. The van der Waals surface area contributed by atoms with Crippen LogP contribution < -0.4 is 0 Å². The number of ether oxygens (including phenoxy) is 3. The van der Waals surface area contributed by atoms with Gasteiger partial charge in [0.15, 0.2) is 0 Å². The van der Waals surface area contributed by atoms with E-state index in [-0.39, 0.29) is 6.61 Å². The largest absolute Gasteiger partial charge is 0.462 e. The first-order chi connectivity index (χ1) is 15.9. The van der Waals surface area contributed by atoms with Crippen molar-refractivity contribution in [3.63, 3.8) is 0 Å². The van der Waals surface area contributed by atoms with E-state index in [2.05, 4.69) is 23.8 Å². The van der Waals surface area contributed by atoms with Gasteiger partial charge in [0.1, 0.15) is 18.9 Å². The highest BCUT2D eigenvalue weighted by molar-refractivity contribution is 7.81. The van der Waals surface area contributed by atoms with Crippen LogP contribution in [0.1, 0.15) is 110 Å². The zero-order valence-electron chi connectivity index (χ0n) is 21.0. The minimum Gasteiger partial charge on any atom is -0.462 e. The summed E-state index contributed by atoms with van der Waals surface area (Å²) in [5.41, 5.74) is 0. The molecule has 7 nitrogen and oxygen atoms in total. The summed E-state index contributed by atoms with van der Waals surface area (Å²) in [5, 5.41) is 0. The van der Waals surface area contributed by atoms with Crippen molar-refractivity contribution in [2.45, 2.75) is 116 Å². The summed E-state index contributed by atoms with van der Waals surface area (Å²) in [6.07, 6.45) is 20.2. The Morgan fingerprint density at radius 1 is 0.818 bits per heavy atom. The van der Waals surface area contributed by atoms with E-state index in [4.69, 9.17) is 14.2 Å². The van der Waals surface area contributed by atoms with Gasteiger partial charge in [-0.15, -0.1) is 0 Å². The van der Waals surface area contributed by atoms with Crippen molar-refractivity contribution >= 4 is 26.5 Å². The minimum absolute atomic E-state index is 0.0408. The molecule has 0 aliphatic carbocycles. The molecule has 0 fully saturated rings. The molecule has 9 heteroatoms. The van der Waals surface area contributed by atoms with E-state index in [9.17, 15) is 14.3 Å². The normalized spacial score (nSPS) is 14.2. The summed E-state index contributed by atoms with van der Waals surface area (Å²) >= 11 is 3.26. The average Bonchev–Trinajstić information content (AvgIpc) is 2.79. The smallest absolute Gasteiger partial charge is 0.350 e. The Bertz CT molecular complexity index is 493. The van der Waals surface area contributed by atoms with Crippen molar-refractivity contribution in [2.75, 3.05) is 33.1 Å². The van der Waals surface area contributed by atoms with E-state index in [1.807, 2.05) is 0 Å². The average molecular weight is 513 g/mol. The van der Waals surface area contributed by atoms with Crippen LogP contribution in [0.25, 0.3) is 0 Å². The first-order valence-electron chi connectivity index (χ1n) is 12.9. The SMILES string of the molecule is CCCCCCCCCCCCCCCCCCOC[C@H](COC(=O)CP(=O)(O)OS)OC. The number of unbranched alkanes of at least 4 members (excludes halogenated alkanes) is 15. The number of carbonyl (C=O) groups excluding carboxylic acids is 1. The molecule has 1 N–H and O–H groups in total. The van der Waals surface area contributed by atoms with E-state index in [0.717, 1.165) is 12.8 Å². The van der Waals surface area contributed by atoms with Crippen LogP contribution in [0.3, 0.4) is 0 Å². The maximum absolute atomic E-state index is 11.5. The quantitative estimate of drug-likeness (QED) is 0.0453. The van der Waals surface area contributed by atoms with Crippen LogP contribution in [0.4, 0.5) is 0 Å². The van der Waals surface area contributed by atoms with Crippen LogP contribution in [0.5, 0.6) is 0 Å². The topological polar surface area (TPSA) is 91.3 Å². The molecule has 0 radical (unpaired) electrons. The zero-order chi connectivity index (χ0) is 24.6. The summed E-state index contributed by atoms with van der Waals surface area (Å²) in [4.78, 5) is 20.7. The summed E-state index contributed by atoms with van der Waals surface area (Å²) in [7, 11) is -2.53. The summed E-state index contributed by atoms with van der Waals surface area (Å²) in [6.45, 7) is 3.18. The second-order valence-electron chi connectivity index (χ2n) is 8.80. The number of methoxy groups -OCH3 is 1. The number of rotatable bonds is 25. The second-order valence-corrected chi connectivity index (χ2v) is 11.0. The Hall–Kier alpha value is -0.110. The van der Waals surface area contributed by atoms with Gasteiger partial charge in [-0.1, -0.05) is 103 Å². The molecule has 0 saturated carbocycles. The molecule has 0 aromatic heterocycles. The van der Waals surface area contributed by atoms with Crippen LogP contribution in [0.15, 0.2) is 0 Å². The number of esters is 1. The summed E-state index contributed by atoms with van der Waals surface area (Å²) < 4.78 is 31.1. The maximum atomic E-state index is 11.5. The van der Waals surface area contributed by atoms with Gasteiger partial charge in [-0.05, 0) is 19.3 Å². The number of thiol groups is 1. The molecule has 0 aromatic carbocycles. The third-order valence-corrected chi connectivity index (χ3v) is 7.34. The molecular weight excluding hydrogens is 463 g/mol. The van der Waals surface area contributed by atoms with Gasteiger partial charge in [-0.2, -0.15) is 0 Å². The van der Waals surface area contributed by atoms with Gasteiger partial charge in [0.25, 0.3) is 0 Å². The molecule has 0 saturated heterocycles. The first-order valence-corrected chi connectivity index (χ1v) is 15.0. The van der Waals surface area contributed by atoms with Gasteiger partial charge in [-0.3, -0.25) is 9.36 Å². The Kier molecular flexibility index (Phi) is 23.5. The highest BCUT2D eigenvalue weighted by atomic mass is 32.1. The predicted molar refractivity (Wildman–Crippen MR) is 137 cm³/mol. The van der Waals surface area contributed by atoms with Gasteiger partial charge in [0.2, 0.25) is 0 Å². The molecule has 0 spiro atoms. The minimum atomic E-state index is -4.04. The Balaban J connectivity index is 3.40. The fourth-order valence-corrected chi connectivity index (χ4v) is 4.22. The van der Waals surface area contributed by atoms with Gasteiger partial charge in [0.05, 0.1) is 6.61 Å². The molecule has 0 heterocycles. The highest BCUT2D eigenvalue weighted by Crippen LogP contribution is 2.42. The first kappa shape index (κ1) is 32.9. The van der Waals surface area contributed by atoms with Crippen molar-refractivity contribution < 1.29 is 32.4 Å². The van der Waals surface area contributed by atoms with E-state index >= 15 is 0 Å². The van der Waals surface area contributed by atoms with Gasteiger partial charge < -0.3 is 19.1 Å². The third kappa shape index (κ3) is 23.4. The van der Waals surface area contributed by atoms with Crippen LogP contribution in [0, 0.1) is 0 Å². The fourth-order valence-electron chi connectivity index (χ4n) is 3.57. The molecule has 0 aliphatic heterocycles. The van der Waals surface area contributed by atoms with Crippen LogP contribution in [-0.4, -0.2) is 50.1 Å². The lowest BCUT2D eigenvalue weighted by Gasteiger charge is -2.16. The monoisotopic (exact) mass is 512 g/mol. The van der Waals surface area contributed by atoms with Crippen LogP contribution in [0.2, 0.25) is 0 Å². The maximum Gasteiger partial charge on any atom is 0.350 e. The molecule has 0 rings (SSSR count). The van der Waals surface area contributed by atoms with Crippen molar-refractivity contribution in [1.29, 1.82) is 0 Å². The fraction of sp³-hybridized carbons (Fsp3) is 0.958.